The van der Waals surface area contributed by atoms with E-state index in [1.807, 2.05) is 6.07 Å². The lowest BCUT2D eigenvalue weighted by Crippen LogP contribution is -2.19. The number of aromatic nitrogens is 5. The third-order valence-corrected chi connectivity index (χ3v) is 2.67. The molecule has 3 heterocycles. The molecule has 1 amide bonds. The van der Waals surface area contributed by atoms with Crippen LogP contribution in [0.2, 0.25) is 0 Å². The van der Waals surface area contributed by atoms with Crippen molar-refractivity contribution >= 4 is 11.6 Å². The molecule has 0 bridgehead atoms. The Morgan fingerprint density at radius 3 is 2.85 bits per heavy atom. The Balaban J connectivity index is 1.65. The second kappa shape index (κ2) is 5.35. The van der Waals surface area contributed by atoms with Gasteiger partial charge in [0, 0.05) is 24.8 Å². The van der Waals surface area contributed by atoms with E-state index in [-0.39, 0.29) is 12.5 Å². The normalized spacial score (nSPS) is 10.4. The van der Waals surface area contributed by atoms with E-state index in [2.05, 4.69) is 20.4 Å². The Hall–Kier alpha value is -2.96. The summed E-state index contributed by atoms with van der Waals surface area (Å²) in [6, 6.07) is 5.38. The van der Waals surface area contributed by atoms with Crippen LogP contribution in [0.1, 0.15) is 0 Å². The quantitative estimate of drug-likeness (QED) is 0.768. The minimum absolute atomic E-state index is 0.147. The number of carbonyl (C=O) groups excluding carboxylic acids is 1. The van der Waals surface area contributed by atoms with Crippen LogP contribution in [0.25, 0.3) is 5.82 Å². The molecular formula is C13H12N6O. The number of hydrogen-bond acceptors (Lipinski definition) is 4. The van der Waals surface area contributed by atoms with E-state index in [4.69, 9.17) is 0 Å². The van der Waals surface area contributed by atoms with Crippen LogP contribution < -0.4 is 5.32 Å². The lowest BCUT2D eigenvalue weighted by Gasteiger charge is -2.06. The first-order valence-electron chi connectivity index (χ1n) is 6.03. The van der Waals surface area contributed by atoms with Crippen LogP contribution in [0.4, 0.5) is 5.69 Å². The average molecular weight is 268 g/mol. The largest absolute Gasteiger partial charge is 0.323 e. The fraction of sp³-hybridized carbons (Fsp3) is 0.0769. The molecule has 0 aliphatic heterocycles. The minimum atomic E-state index is -0.147. The Labute approximate surface area is 114 Å². The molecule has 0 unspecified atom stereocenters. The third-order valence-electron chi connectivity index (χ3n) is 2.67. The fourth-order valence-electron chi connectivity index (χ4n) is 1.75. The van der Waals surface area contributed by atoms with Crippen LogP contribution in [0.5, 0.6) is 0 Å². The maximum absolute atomic E-state index is 11.8. The Bertz CT molecular complexity index is 672. The van der Waals surface area contributed by atoms with Crippen molar-refractivity contribution in [2.45, 2.75) is 6.54 Å². The van der Waals surface area contributed by atoms with Gasteiger partial charge in [0.1, 0.15) is 18.7 Å². The van der Waals surface area contributed by atoms with Gasteiger partial charge in [-0.1, -0.05) is 0 Å². The van der Waals surface area contributed by atoms with Crippen LogP contribution in [0, 0.1) is 0 Å². The number of imidazole rings is 1. The molecule has 0 atom stereocenters. The molecule has 0 saturated heterocycles. The number of nitrogens with one attached hydrogen (secondary N) is 1. The zero-order valence-electron chi connectivity index (χ0n) is 10.5. The highest BCUT2D eigenvalue weighted by atomic mass is 16.2. The lowest BCUT2D eigenvalue weighted by atomic mass is 10.4. The first-order chi connectivity index (χ1) is 9.81. The number of pyridine rings is 1. The summed E-state index contributed by atoms with van der Waals surface area (Å²) in [7, 11) is 0. The molecule has 0 fully saturated rings. The summed E-state index contributed by atoms with van der Waals surface area (Å²) in [6.45, 7) is 0.177. The van der Waals surface area contributed by atoms with Crippen molar-refractivity contribution in [3.05, 3.63) is 55.5 Å². The minimum Gasteiger partial charge on any atom is -0.323 e. The summed E-state index contributed by atoms with van der Waals surface area (Å²) in [4.78, 5) is 20.0. The summed E-state index contributed by atoms with van der Waals surface area (Å²) < 4.78 is 3.35. The van der Waals surface area contributed by atoms with Gasteiger partial charge in [-0.25, -0.2) is 9.97 Å². The standard InChI is InChI=1S/C13H12N6O/c20-13(9-19-6-1-4-16-19)17-11-2-3-12(15-8-11)18-7-5-14-10-18/h1-8,10H,9H2,(H,17,20). The van der Waals surface area contributed by atoms with E-state index >= 15 is 0 Å². The second-order valence-corrected chi connectivity index (χ2v) is 4.13. The van der Waals surface area contributed by atoms with Gasteiger partial charge in [0.2, 0.25) is 5.91 Å². The number of anilines is 1. The van der Waals surface area contributed by atoms with Crippen molar-refractivity contribution in [3.63, 3.8) is 0 Å². The van der Waals surface area contributed by atoms with Gasteiger partial charge in [0.25, 0.3) is 0 Å². The molecule has 0 aliphatic carbocycles. The maximum Gasteiger partial charge on any atom is 0.246 e. The van der Waals surface area contributed by atoms with Crippen molar-refractivity contribution in [1.82, 2.24) is 24.3 Å². The summed E-state index contributed by atoms with van der Waals surface area (Å²) in [6.07, 6.45) is 10.1. The molecule has 7 nitrogen and oxygen atoms in total. The molecule has 100 valence electrons. The van der Waals surface area contributed by atoms with E-state index in [0.717, 1.165) is 5.82 Å². The van der Waals surface area contributed by atoms with Crippen molar-refractivity contribution in [3.8, 4) is 5.82 Å². The third kappa shape index (κ3) is 2.72. The Morgan fingerprint density at radius 1 is 1.25 bits per heavy atom. The molecule has 3 aromatic heterocycles. The monoisotopic (exact) mass is 268 g/mol. The topological polar surface area (TPSA) is 77.6 Å². The van der Waals surface area contributed by atoms with E-state index < -0.39 is 0 Å². The van der Waals surface area contributed by atoms with E-state index in [0.29, 0.717) is 5.69 Å². The van der Waals surface area contributed by atoms with E-state index in [1.165, 1.54) is 0 Å². The Kier molecular flexibility index (Phi) is 3.24. The lowest BCUT2D eigenvalue weighted by molar-refractivity contribution is -0.116. The van der Waals surface area contributed by atoms with Crippen molar-refractivity contribution in [2.24, 2.45) is 0 Å². The average Bonchev–Trinajstić information content (AvgIpc) is 3.12. The van der Waals surface area contributed by atoms with Gasteiger partial charge in [-0.2, -0.15) is 5.10 Å². The van der Waals surface area contributed by atoms with Gasteiger partial charge >= 0.3 is 0 Å². The SMILES string of the molecule is O=C(Cn1cccn1)Nc1ccc(-n2ccnc2)nc1. The highest BCUT2D eigenvalue weighted by Gasteiger charge is 2.04. The summed E-state index contributed by atoms with van der Waals surface area (Å²) in [5.41, 5.74) is 0.644. The number of rotatable bonds is 4. The van der Waals surface area contributed by atoms with Gasteiger partial charge < -0.3 is 5.32 Å². The first kappa shape index (κ1) is 12.1. The first-order valence-corrected chi connectivity index (χ1v) is 6.03. The van der Waals surface area contributed by atoms with Crippen molar-refractivity contribution in [1.29, 1.82) is 0 Å². The van der Waals surface area contributed by atoms with Crippen LogP contribution in [-0.2, 0) is 11.3 Å². The molecule has 20 heavy (non-hydrogen) atoms. The molecular weight excluding hydrogens is 256 g/mol. The number of nitrogens with zero attached hydrogens (tertiary/aromatic N) is 5. The van der Waals surface area contributed by atoms with Crippen molar-refractivity contribution in [2.75, 3.05) is 5.32 Å². The van der Waals surface area contributed by atoms with E-state index in [1.54, 1.807) is 58.7 Å². The van der Waals surface area contributed by atoms with Gasteiger partial charge in [0.15, 0.2) is 0 Å². The summed E-state index contributed by atoms with van der Waals surface area (Å²) in [5.74, 6) is 0.596. The number of amides is 1. The predicted molar refractivity (Wildman–Crippen MR) is 72.2 cm³/mol. The van der Waals surface area contributed by atoms with Crippen molar-refractivity contribution < 1.29 is 4.79 Å². The van der Waals surface area contributed by atoms with Gasteiger partial charge in [-0.05, 0) is 18.2 Å². The number of carbonyl (C=O) groups is 1. The van der Waals surface area contributed by atoms with Crippen LogP contribution in [0.15, 0.2) is 55.5 Å². The van der Waals surface area contributed by atoms with Gasteiger partial charge in [-0.3, -0.25) is 14.0 Å². The fourth-order valence-corrected chi connectivity index (χ4v) is 1.75. The molecule has 0 aliphatic rings. The zero-order valence-corrected chi connectivity index (χ0v) is 10.5. The highest BCUT2D eigenvalue weighted by Crippen LogP contribution is 2.09. The molecule has 0 aromatic carbocycles. The summed E-state index contributed by atoms with van der Waals surface area (Å²) >= 11 is 0. The predicted octanol–water partition coefficient (Wildman–Crippen LogP) is 1.10. The van der Waals surface area contributed by atoms with E-state index in [9.17, 15) is 4.79 Å². The van der Waals surface area contributed by atoms with Gasteiger partial charge in [0.05, 0.1) is 11.9 Å². The molecule has 1 N–H and O–H groups in total. The van der Waals surface area contributed by atoms with Crippen LogP contribution >= 0.6 is 0 Å². The molecule has 7 heteroatoms. The van der Waals surface area contributed by atoms with Crippen LogP contribution in [0.3, 0.4) is 0 Å². The second-order valence-electron chi connectivity index (χ2n) is 4.13. The highest BCUT2D eigenvalue weighted by molar-refractivity contribution is 5.90. The molecule has 0 spiro atoms. The molecule has 0 saturated carbocycles. The van der Waals surface area contributed by atoms with Gasteiger partial charge in [-0.15, -0.1) is 0 Å². The molecule has 3 aromatic rings. The summed E-state index contributed by atoms with van der Waals surface area (Å²) in [5, 5.41) is 6.74. The smallest absolute Gasteiger partial charge is 0.246 e. The molecule has 0 radical (unpaired) electrons. The number of hydrogen-bond donors (Lipinski definition) is 1. The molecule has 3 rings (SSSR count). The zero-order chi connectivity index (χ0) is 13.8. The Morgan fingerprint density at radius 2 is 2.20 bits per heavy atom. The van der Waals surface area contributed by atoms with Crippen LogP contribution in [-0.4, -0.2) is 30.2 Å². The maximum atomic E-state index is 11.8.